The van der Waals surface area contributed by atoms with Crippen molar-refractivity contribution in [3.05, 3.63) is 83.2 Å². The Morgan fingerprint density at radius 1 is 1.00 bits per heavy atom. The van der Waals surface area contributed by atoms with Gasteiger partial charge in [0.25, 0.3) is 5.91 Å². The molecule has 0 saturated carbocycles. The zero-order chi connectivity index (χ0) is 16.9. The van der Waals surface area contributed by atoms with Gasteiger partial charge in [0.1, 0.15) is 5.82 Å². The maximum atomic E-state index is 13.6. The molecule has 0 aromatic heterocycles. The average Bonchev–Trinajstić information content (AvgIpc) is 2.62. The van der Waals surface area contributed by atoms with Gasteiger partial charge in [0.05, 0.1) is 0 Å². The first kappa shape index (κ1) is 15.9. The van der Waals surface area contributed by atoms with Crippen LogP contribution in [-0.4, -0.2) is 18.7 Å². The Kier molecular flexibility index (Phi) is 4.66. The standard InChI is InChI=1S/C20H17FN2O/c21-19-8-4-1-5-14(19)11-12-23-20(24)18-10-9-15(13-22)16-6-2-3-7-17(16)18/h1-10,13,22H,11-12H2,(H,23,24). The van der Waals surface area contributed by atoms with E-state index in [1.807, 2.05) is 24.3 Å². The fourth-order valence-electron chi connectivity index (χ4n) is 2.75. The fourth-order valence-corrected chi connectivity index (χ4v) is 2.75. The lowest BCUT2D eigenvalue weighted by atomic mass is 9.99. The third kappa shape index (κ3) is 3.18. The molecule has 0 fully saturated rings. The van der Waals surface area contributed by atoms with Gasteiger partial charge in [-0.05, 0) is 40.5 Å². The van der Waals surface area contributed by atoms with Gasteiger partial charge in [-0.1, -0.05) is 48.5 Å². The smallest absolute Gasteiger partial charge is 0.251 e. The zero-order valence-corrected chi connectivity index (χ0v) is 13.1. The van der Waals surface area contributed by atoms with Crippen molar-refractivity contribution in [2.45, 2.75) is 6.42 Å². The molecule has 4 heteroatoms. The molecular formula is C20H17FN2O. The Hall–Kier alpha value is -3.01. The van der Waals surface area contributed by atoms with Crippen LogP contribution in [0.15, 0.2) is 60.7 Å². The van der Waals surface area contributed by atoms with Gasteiger partial charge >= 0.3 is 0 Å². The molecule has 0 unspecified atom stereocenters. The number of amides is 1. The van der Waals surface area contributed by atoms with Crippen LogP contribution in [0.25, 0.3) is 10.8 Å². The van der Waals surface area contributed by atoms with Crippen molar-refractivity contribution in [1.29, 1.82) is 5.41 Å². The van der Waals surface area contributed by atoms with Crippen LogP contribution in [0.5, 0.6) is 0 Å². The lowest BCUT2D eigenvalue weighted by Crippen LogP contribution is -2.26. The highest BCUT2D eigenvalue weighted by Gasteiger charge is 2.11. The summed E-state index contributed by atoms with van der Waals surface area (Å²) in [6, 6.07) is 17.6. The van der Waals surface area contributed by atoms with Crippen LogP contribution in [0.2, 0.25) is 0 Å². The van der Waals surface area contributed by atoms with Gasteiger partial charge in [0, 0.05) is 18.3 Å². The van der Waals surface area contributed by atoms with Crippen molar-refractivity contribution in [1.82, 2.24) is 5.32 Å². The van der Waals surface area contributed by atoms with E-state index < -0.39 is 0 Å². The van der Waals surface area contributed by atoms with Gasteiger partial charge in [-0.15, -0.1) is 0 Å². The first-order valence-corrected chi connectivity index (χ1v) is 7.74. The number of carbonyl (C=O) groups excluding carboxylic acids is 1. The zero-order valence-electron chi connectivity index (χ0n) is 13.1. The topological polar surface area (TPSA) is 53.0 Å². The van der Waals surface area contributed by atoms with Crippen LogP contribution >= 0.6 is 0 Å². The first-order chi connectivity index (χ1) is 11.7. The molecule has 0 aliphatic carbocycles. The fraction of sp³-hybridized carbons (Fsp3) is 0.100. The van der Waals surface area contributed by atoms with Gasteiger partial charge in [0.15, 0.2) is 0 Å². The monoisotopic (exact) mass is 320 g/mol. The molecule has 0 aliphatic heterocycles. The highest BCUT2D eigenvalue weighted by molar-refractivity contribution is 6.11. The predicted octanol–water partition coefficient (Wildman–Crippen LogP) is 3.95. The Bertz CT molecular complexity index is 905. The number of hydrogen-bond acceptors (Lipinski definition) is 2. The number of nitrogens with one attached hydrogen (secondary N) is 2. The molecule has 3 aromatic carbocycles. The molecule has 0 aliphatic rings. The third-order valence-corrected chi connectivity index (χ3v) is 4.00. The van der Waals surface area contributed by atoms with Crippen LogP contribution in [0, 0.1) is 11.2 Å². The van der Waals surface area contributed by atoms with E-state index in [-0.39, 0.29) is 11.7 Å². The molecule has 24 heavy (non-hydrogen) atoms. The quantitative estimate of drug-likeness (QED) is 0.687. The van der Waals surface area contributed by atoms with Crippen LogP contribution in [0.4, 0.5) is 4.39 Å². The van der Waals surface area contributed by atoms with Gasteiger partial charge in [0.2, 0.25) is 0 Å². The van der Waals surface area contributed by atoms with Crippen LogP contribution in [0.1, 0.15) is 21.5 Å². The summed E-state index contributed by atoms with van der Waals surface area (Å²) >= 11 is 0. The van der Waals surface area contributed by atoms with E-state index in [4.69, 9.17) is 5.41 Å². The van der Waals surface area contributed by atoms with Gasteiger partial charge in [-0.3, -0.25) is 4.79 Å². The second kappa shape index (κ2) is 7.04. The summed E-state index contributed by atoms with van der Waals surface area (Å²) in [6.45, 7) is 0.362. The average molecular weight is 320 g/mol. The summed E-state index contributed by atoms with van der Waals surface area (Å²) in [5.41, 5.74) is 1.92. The first-order valence-electron chi connectivity index (χ1n) is 7.74. The highest BCUT2D eigenvalue weighted by atomic mass is 19.1. The van der Waals surface area contributed by atoms with Gasteiger partial charge in [-0.2, -0.15) is 0 Å². The summed E-state index contributed by atoms with van der Waals surface area (Å²) in [4.78, 5) is 12.5. The molecule has 3 aromatic rings. The molecular weight excluding hydrogens is 303 g/mol. The Balaban J connectivity index is 1.77. The third-order valence-electron chi connectivity index (χ3n) is 4.00. The van der Waals surface area contributed by atoms with Gasteiger partial charge in [-0.25, -0.2) is 4.39 Å². The minimum atomic E-state index is -0.257. The lowest BCUT2D eigenvalue weighted by Gasteiger charge is -2.10. The molecule has 0 saturated heterocycles. The number of fused-ring (bicyclic) bond motifs is 1. The number of halogens is 1. The van der Waals surface area contributed by atoms with Crippen molar-refractivity contribution in [3.63, 3.8) is 0 Å². The highest BCUT2D eigenvalue weighted by Crippen LogP contribution is 2.22. The summed E-state index contributed by atoms with van der Waals surface area (Å²) in [7, 11) is 0. The van der Waals surface area contributed by atoms with E-state index in [0.717, 1.165) is 16.3 Å². The summed E-state index contributed by atoms with van der Waals surface area (Å²) in [6.07, 6.45) is 1.72. The van der Waals surface area contributed by atoms with Crippen molar-refractivity contribution < 1.29 is 9.18 Å². The van der Waals surface area contributed by atoms with E-state index in [1.54, 1.807) is 30.3 Å². The van der Waals surface area contributed by atoms with E-state index in [2.05, 4.69) is 5.32 Å². The number of benzene rings is 3. The molecule has 1 amide bonds. The molecule has 120 valence electrons. The number of rotatable bonds is 5. The molecule has 0 bridgehead atoms. The summed E-state index contributed by atoms with van der Waals surface area (Å²) in [5.74, 6) is -0.452. The van der Waals surface area contributed by atoms with Crippen molar-refractivity contribution >= 4 is 22.9 Å². The van der Waals surface area contributed by atoms with E-state index in [9.17, 15) is 9.18 Å². The molecule has 0 atom stereocenters. The number of carbonyl (C=O) groups is 1. The molecule has 3 rings (SSSR count). The molecule has 2 N–H and O–H groups in total. The van der Waals surface area contributed by atoms with Crippen LogP contribution < -0.4 is 5.32 Å². The summed E-state index contributed by atoms with van der Waals surface area (Å²) < 4.78 is 13.6. The summed E-state index contributed by atoms with van der Waals surface area (Å²) in [5, 5.41) is 12.0. The Morgan fingerprint density at radius 2 is 1.71 bits per heavy atom. The van der Waals surface area contributed by atoms with Crippen LogP contribution in [0.3, 0.4) is 0 Å². The van der Waals surface area contributed by atoms with Crippen molar-refractivity contribution in [3.8, 4) is 0 Å². The predicted molar refractivity (Wildman–Crippen MR) is 94.3 cm³/mol. The van der Waals surface area contributed by atoms with E-state index >= 15 is 0 Å². The Morgan fingerprint density at radius 3 is 2.46 bits per heavy atom. The van der Waals surface area contributed by atoms with E-state index in [0.29, 0.717) is 24.1 Å². The molecule has 0 spiro atoms. The van der Waals surface area contributed by atoms with Gasteiger partial charge < -0.3 is 10.7 Å². The molecule has 0 radical (unpaired) electrons. The van der Waals surface area contributed by atoms with Crippen molar-refractivity contribution in [2.75, 3.05) is 6.54 Å². The normalized spacial score (nSPS) is 10.5. The largest absolute Gasteiger partial charge is 0.352 e. The maximum absolute atomic E-state index is 13.6. The second-order valence-corrected chi connectivity index (χ2v) is 5.49. The Labute approximate surface area is 139 Å². The minimum absolute atomic E-state index is 0.195. The lowest BCUT2D eigenvalue weighted by molar-refractivity contribution is 0.0955. The second-order valence-electron chi connectivity index (χ2n) is 5.49. The SMILES string of the molecule is N=Cc1ccc(C(=O)NCCc2ccccc2F)c2ccccc12. The molecule has 3 nitrogen and oxygen atoms in total. The maximum Gasteiger partial charge on any atom is 0.251 e. The van der Waals surface area contributed by atoms with E-state index in [1.165, 1.54) is 12.3 Å². The molecule has 0 heterocycles. The van der Waals surface area contributed by atoms with Crippen LogP contribution in [-0.2, 0) is 6.42 Å². The van der Waals surface area contributed by atoms with Crippen molar-refractivity contribution in [2.24, 2.45) is 0 Å². The minimum Gasteiger partial charge on any atom is -0.352 e. The number of hydrogen-bond donors (Lipinski definition) is 2.